The zero-order valence-corrected chi connectivity index (χ0v) is 13.8. The molecular weight excluding hydrogens is 244 g/mol. The van der Waals surface area contributed by atoms with E-state index < -0.39 is 0 Å². The summed E-state index contributed by atoms with van der Waals surface area (Å²) < 4.78 is 0. The second-order valence-electron chi connectivity index (χ2n) is 8.71. The second-order valence-corrected chi connectivity index (χ2v) is 8.71. The first-order valence-electron chi connectivity index (χ1n) is 8.99. The third kappa shape index (κ3) is 3.22. The summed E-state index contributed by atoms with van der Waals surface area (Å²) in [5, 5.41) is 3.62. The van der Waals surface area contributed by atoms with Crippen LogP contribution in [-0.4, -0.2) is 37.1 Å². The second kappa shape index (κ2) is 5.96. The third-order valence-electron chi connectivity index (χ3n) is 6.36. The first-order chi connectivity index (χ1) is 9.54. The van der Waals surface area contributed by atoms with Crippen molar-refractivity contribution in [1.82, 2.24) is 10.2 Å². The summed E-state index contributed by atoms with van der Waals surface area (Å²) in [6.45, 7) is 12.6. The van der Waals surface area contributed by atoms with Gasteiger partial charge < -0.3 is 5.32 Å². The van der Waals surface area contributed by atoms with Crippen molar-refractivity contribution in [3.8, 4) is 0 Å². The number of piperidine rings is 1. The average molecular weight is 278 g/mol. The maximum Gasteiger partial charge on any atom is 0.0261 e. The van der Waals surface area contributed by atoms with Gasteiger partial charge in [0.05, 0.1) is 0 Å². The van der Waals surface area contributed by atoms with Crippen LogP contribution < -0.4 is 5.32 Å². The van der Waals surface area contributed by atoms with Crippen LogP contribution in [0.2, 0.25) is 0 Å². The van der Waals surface area contributed by atoms with Gasteiger partial charge in [0.1, 0.15) is 0 Å². The predicted octanol–water partition coefficient (Wildman–Crippen LogP) is 3.52. The van der Waals surface area contributed by atoms with Crippen molar-refractivity contribution in [1.29, 1.82) is 0 Å². The molecule has 2 heterocycles. The van der Waals surface area contributed by atoms with Crippen molar-refractivity contribution in [3.05, 3.63) is 0 Å². The van der Waals surface area contributed by atoms with E-state index >= 15 is 0 Å². The molecule has 1 saturated carbocycles. The normalized spacial score (nSPS) is 39.8. The van der Waals surface area contributed by atoms with Gasteiger partial charge in [-0.3, -0.25) is 4.90 Å². The minimum absolute atomic E-state index is 0.524. The fourth-order valence-electron chi connectivity index (χ4n) is 4.93. The van der Waals surface area contributed by atoms with Crippen LogP contribution in [0.4, 0.5) is 0 Å². The minimum atomic E-state index is 0.524. The van der Waals surface area contributed by atoms with E-state index in [-0.39, 0.29) is 0 Å². The van der Waals surface area contributed by atoms with Gasteiger partial charge in [0.15, 0.2) is 0 Å². The topological polar surface area (TPSA) is 15.3 Å². The summed E-state index contributed by atoms with van der Waals surface area (Å²) in [6, 6.07) is 0.865. The smallest absolute Gasteiger partial charge is 0.0261 e. The monoisotopic (exact) mass is 278 g/mol. The highest BCUT2D eigenvalue weighted by atomic mass is 15.2. The molecule has 0 amide bonds. The number of rotatable bonds is 2. The van der Waals surface area contributed by atoms with Gasteiger partial charge in [-0.1, -0.05) is 20.8 Å². The average Bonchev–Trinajstić information content (AvgIpc) is 2.88. The van der Waals surface area contributed by atoms with Gasteiger partial charge >= 0.3 is 0 Å². The molecular formula is C18H34N2. The Bertz CT molecular complexity index is 312. The van der Waals surface area contributed by atoms with Crippen LogP contribution in [0.1, 0.15) is 59.3 Å². The van der Waals surface area contributed by atoms with Crippen LogP contribution in [0.15, 0.2) is 0 Å². The molecule has 2 aliphatic heterocycles. The maximum absolute atomic E-state index is 3.62. The fraction of sp³-hybridized carbons (Fsp3) is 1.00. The van der Waals surface area contributed by atoms with E-state index in [0.29, 0.717) is 5.41 Å². The van der Waals surface area contributed by atoms with Crippen molar-refractivity contribution in [3.63, 3.8) is 0 Å². The fourth-order valence-corrected chi connectivity index (χ4v) is 4.93. The minimum Gasteiger partial charge on any atom is -0.315 e. The Hall–Kier alpha value is -0.0800. The number of likely N-dealkylation sites (tertiary alicyclic amines) is 1. The molecule has 0 bridgehead atoms. The highest BCUT2D eigenvalue weighted by molar-refractivity contribution is 4.93. The molecule has 0 aromatic rings. The molecule has 2 saturated heterocycles. The number of nitrogens with one attached hydrogen (secondary N) is 1. The van der Waals surface area contributed by atoms with E-state index in [4.69, 9.17) is 0 Å². The van der Waals surface area contributed by atoms with E-state index in [2.05, 4.69) is 31.0 Å². The lowest BCUT2D eigenvalue weighted by atomic mass is 9.69. The lowest BCUT2D eigenvalue weighted by Crippen LogP contribution is -2.47. The summed E-state index contributed by atoms with van der Waals surface area (Å²) in [4.78, 5) is 2.84. The van der Waals surface area contributed by atoms with E-state index in [1.807, 2.05) is 0 Å². The zero-order valence-electron chi connectivity index (χ0n) is 13.8. The third-order valence-corrected chi connectivity index (χ3v) is 6.36. The summed E-state index contributed by atoms with van der Waals surface area (Å²) in [7, 11) is 0. The van der Waals surface area contributed by atoms with Crippen molar-refractivity contribution in [2.75, 3.05) is 26.2 Å². The summed E-state index contributed by atoms with van der Waals surface area (Å²) in [5.74, 6) is 2.89. The lowest BCUT2D eigenvalue weighted by Gasteiger charge is -2.42. The van der Waals surface area contributed by atoms with Crippen molar-refractivity contribution in [2.24, 2.45) is 23.2 Å². The van der Waals surface area contributed by atoms with E-state index in [1.54, 1.807) is 0 Å². The summed E-state index contributed by atoms with van der Waals surface area (Å²) in [6.07, 6.45) is 8.78. The molecule has 20 heavy (non-hydrogen) atoms. The Morgan fingerprint density at radius 3 is 2.45 bits per heavy atom. The Morgan fingerprint density at radius 2 is 1.75 bits per heavy atom. The molecule has 3 fully saturated rings. The highest BCUT2D eigenvalue weighted by Crippen LogP contribution is 2.40. The SMILES string of the molecule is CC(C)(C)C1CCC(CN2CCCC3CNCC32)CC1. The summed E-state index contributed by atoms with van der Waals surface area (Å²) >= 11 is 0. The molecule has 2 unspecified atom stereocenters. The van der Waals surface area contributed by atoms with Gasteiger partial charge in [-0.15, -0.1) is 0 Å². The Morgan fingerprint density at radius 1 is 1.00 bits per heavy atom. The molecule has 0 spiro atoms. The standard InChI is InChI=1S/C18H34N2/c1-18(2,3)16-8-6-14(7-9-16)13-20-10-4-5-15-11-19-12-17(15)20/h14-17,19H,4-13H2,1-3H3. The summed E-state index contributed by atoms with van der Waals surface area (Å²) in [5.41, 5.74) is 0.524. The van der Waals surface area contributed by atoms with E-state index in [9.17, 15) is 0 Å². The molecule has 0 radical (unpaired) electrons. The van der Waals surface area contributed by atoms with Gasteiger partial charge in [0.25, 0.3) is 0 Å². The first-order valence-corrected chi connectivity index (χ1v) is 8.99. The maximum atomic E-state index is 3.62. The number of hydrogen-bond donors (Lipinski definition) is 1. The van der Waals surface area contributed by atoms with Crippen molar-refractivity contribution in [2.45, 2.75) is 65.3 Å². The Labute approximate surface area is 125 Å². The van der Waals surface area contributed by atoms with Crippen molar-refractivity contribution < 1.29 is 0 Å². The molecule has 116 valence electrons. The highest BCUT2D eigenvalue weighted by Gasteiger charge is 2.37. The van der Waals surface area contributed by atoms with E-state index in [1.165, 1.54) is 64.7 Å². The molecule has 3 rings (SSSR count). The Kier molecular flexibility index (Phi) is 4.42. The van der Waals surface area contributed by atoms with Gasteiger partial charge in [-0.05, 0) is 74.8 Å². The molecule has 1 aliphatic carbocycles. The van der Waals surface area contributed by atoms with Crippen LogP contribution in [-0.2, 0) is 0 Å². The quantitative estimate of drug-likeness (QED) is 0.831. The van der Waals surface area contributed by atoms with Gasteiger partial charge in [-0.25, -0.2) is 0 Å². The molecule has 2 nitrogen and oxygen atoms in total. The molecule has 1 N–H and O–H groups in total. The first kappa shape index (κ1) is 14.8. The lowest BCUT2D eigenvalue weighted by molar-refractivity contribution is 0.0764. The zero-order chi connectivity index (χ0) is 14.2. The van der Waals surface area contributed by atoms with Crippen LogP contribution in [0.25, 0.3) is 0 Å². The number of hydrogen-bond acceptors (Lipinski definition) is 2. The van der Waals surface area contributed by atoms with Crippen molar-refractivity contribution >= 4 is 0 Å². The number of fused-ring (bicyclic) bond motifs is 1. The molecule has 2 atom stereocenters. The van der Waals surface area contributed by atoms with Crippen LogP contribution in [0, 0.1) is 23.2 Å². The predicted molar refractivity (Wildman–Crippen MR) is 85.9 cm³/mol. The molecule has 3 aliphatic rings. The Balaban J connectivity index is 1.49. The van der Waals surface area contributed by atoms with Gasteiger partial charge in [0.2, 0.25) is 0 Å². The van der Waals surface area contributed by atoms with Gasteiger partial charge in [-0.2, -0.15) is 0 Å². The number of nitrogens with zero attached hydrogens (tertiary/aromatic N) is 1. The molecule has 0 aromatic carbocycles. The van der Waals surface area contributed by atoms with Crippen LogP contribution in [0.3, 0.4) is 0 Å². The van der Waals surface area contributed by atoms with Gasteiger partial charge in [0, 0.05) is 19.1 Å². The van der Waals surface area contributed by atoms with Crippen LogP contribution >= 0.6 is 0 Å². The molecule has 2 heteroatoms. The largest absolute Gasteiger partial charge is 0.315 e. The van der Waals surface area contributed by atoms with E-state index in [0.717, 1.165) is 23.8 Å². The van der Waals surface area contributed by atoms with Crippen LogP contribution in [0.5, 0.6) is 0 Å². The molecule has 0 aromatic heterocycles.